The third-order valence-corrected chi connectivity index (χ3v) is 2.88. The third-order valence-electron chi connectivity index (χ3n) is 2.88. The normalized spacial score (nSPS) is 10.3. The van der Waals surface area contributed by atoms with Crippen LogP contribution in [0.3, 0.4) is 0 Å². The van der Waals surface area contributed by atoms with Crippen molar-refractivity contribution in [2.75, 3.05) is 0 Å². The second-order valence-electron chi connectivity index (χ2n) is 4.19. The molecule has 19 heavy (non-hydrogen) atoms. The molecule has 0 spiro atoms. The molecule has 2 heteroatoms. The van der Waals surface area contributed by atoms with E-state index in [0.717, 1.165) is 10.8 Å². The summed E-state index contributed by atoms with van der Waals surface area (Å²) in [5, 5.41) is 2.10. The highest BCUT2D eigenvalue weighted by Gasteiger charge is 2.07. The largest absolute Gasteiger partial charge is 0.423 e. The topological polar surface area (TPSA) is 26.3 Å². The van der Waals surface area contributed by atoms with E-state index in [1.54, 1.807) is 18.2 Å². The predicted molar refractivity (Wildman–Crippen MR) is 74.2 cm³/mol. The van der Waals surface area contributed by atoms with Gasteiger partial charge in [0.15, 0.2) is 0 Å². The van der Waals surface area contributed by atoms with Crippen LogP contribution in [0.4, 0.5) is 0 Å². The Morgan fingerprint density at radius 1 is 0.947 bits per heavy atom. The van der Waals surface area contributed by atoms with Crippen molar-refractivity contribution in [1.82, 2.24) is 0 Å². The maximum absolute atomic E-state index is 11.9. The number of hydrogen-bond donors (Lipinski definition) is 0. The Morgan fingerprint density at radius 2 is 1.79 bits per heavy atom. The van der Waals surface area contributed by atoms with E-state index in [9.17, 15) is 4.79 Å². The molecule has 0 saturated heterocycles. The molecule has 2 nitrogen and oxygen atoms in total. The molecule has 0 fully saturated rings. The average Bonchev–Trinajstić information content (AvgIpc) is 2.48. The first-order valence-corrected chi connectivity index (χ1v) is 6.00. The summed E-state index contributed by atoms with van der Waals surface area (Å²) in [7, 11) is 0. The van der Waals surface area contributed by atoms with Gasteiger partial charge in [0.25, 0.3) is 0 Å². The first-order chi connectivity index (χ1) is 9.33. The van der Waals surface area contributed by atoms with Crippen molar-refractivity contribution in [2.45, 2.75) is 0 Å². The number of hydrogen-bond acceptors (Lipinski definition) is 2. The highest BCUT2D eigenvalue weighted by molar-refractivity contribution is 5.92. The van der Waals surface area contributed by atoms with E-state index in [2.05, 4.69) is 6.07 Å². The Balaban J connectivity index is 1.87. The lowest BCUT2D eigenvalue weighted by Gasteiger charge is -2.05. The number of fused-ring (bicyclic) bond motifs is 1. The highest BCUT2D eigenvalue weighted by atomic mass is 16.5. The number of esters is 1. The van der Waals surface area contributed by atoms with E-state index < -0.39 is 0 Å². The summed E-state index contributed by atoms with van der Waals surface area (Å²) < 4.78 is 5.36. The number of carbonyl (C=O) groups excluding carboxylic acids is 1. The highest BCUT2D eigenvalue weighted by Crippen LogP contribution is 2.21. The van der Waals surface area contributed by atoms with Crippen LogP contribution in [-0.4, -0.2) is 5.97 Å². The van der Waals surface area contributed by atoms with Crippen LogP contribution in [0, 0.1) is 6.07 Å². The van der Waals surface area contributed by atoms with Crippen LogP contribution in [-0.2, 0) is 0 Å². The van der Waals surface area contributed by atoms with E-state index >= 15 is 0 Å². The molecule has 0 unspecified atom stereocenters. The van der Waals surface area contributed by atoms with Crippen LogP contribution in [0.25, 0.3) is 10.8 Å². The number of rotatable bonds is 2. The van der Waals surface area contributed by atoms with Gasteiger partial charge in [-0.2, -0.15) is 0 Å². The second kappa shape index (κ2) is 4.94. The fraction of sp³-hybridized carbons (Fsp3) is 0. The standard InChI is InChI=1S/C17H11O2/c18-17(14-7-2-1-3-8-14)19-16-11-10-13-6-4-5-9-15(13)12-16/h1-3,5-12H. The summed E-state index contributed by atoms with van der Waals surface area (Å²) in [5.41, 5.74) is 0.545. The van der Waals surface area contributed by atoms with Gasteiger partial charge < -0.3 is 4.74 Å². The molecule has 0 aromatic heterocycles. The first kappa shape index (κ1) is 11.5. The van der Waals surface area contributed by atoms with Gasteiger partial charge in [-0.1, -0.05) is 36.4 Å². The Hall–Kier alpha value is -2.61. The number of benzene rings is 3. The Kier molecular flexibility index (Phi) is 2.99. The first-order valence-electron chi connectivity index (χ1n) is 6.00. The van der Waals surface area contributed by atoms with Gasteiger partial charge in [-0.25, -0.2) is 4.79 Å². The zero-order valence-corrected chi connectivity index (χ0v) is 10.2. The number of ether oxygens (including phenoxy) is 1. The van der Waals surface area contributed by atoms with Crippen molar-refractivity contribution < 1.29 is 9.53 Å². The summed E-state index contributed by atoms with van der Waals surface area (Å²) in [6.45, 7) is 0. The maximum Gasteiger partial charge on any atom is 0.343 e. The van der Waals surface area contributed by atoms with Gasteiger partial charge in [-0.3, -0.25) is 0 Å². The van der Waals surface area contributed by atoms with Crippen LogP contribution in [0.2, 0.25) is 0 Å². The van der Waals surface area contributed by atoms with Gasteiger partial charge in [-0.05, 0) is 47.2 Å². The summed E-state index contributed by atoms with van der Waals surface area (Å²) in [6, 6.07) is 23.2. The van der Waals surface area contributed by atoms with E-state index in [1.807, 2.05) is 48.5 Å². The minimum atomic E-state index is -0.345. The monoisotopic (exact) mass is 247 g/mol. The molecule has 0 aliphatic carbocycles. The smallest absolute Gasteiger partial charge is 0.343 e. The van der Waals surface area contributed by atoms with Crippen LogP contribution in [0.15, 0.2) is 66.7 Å². The molecule has 0 N–H and O–H groups in total. The molecule has 0 amide bonds. The van der Waals surface area contributed by atoms with E-state index in [4.69, 9.17) is 4.74 Å². The molecule has 0 aliphatic heterocycles. The predicted octanol–water partition coefficient (Wildman–Crippen LogP) is 3.86. The summed E-state index contributed by atoms with van der Waals surface area (Å²) >= 11 is 0. The van der Waals surface area contributed by atoms with Crippen molar-refractivity contribution >= 4 is 16.7 Å². The SMILES string of the molecule is O=C(Oc1ccc2c[c]ccc2c1)c1ccccc1. The lowest BCUT2D eigenvalue weighted by Crippen LogP contribution is -2.07. The Morgan fingerprint density at radius 3 is 2.63 bits per heavy atom. The molecule has 0 heterocycles. The van der Waals surface area contributed by atoms with E-state index in [-0.39, 0.29) is 5.97 Å². The van der Waals surface area contributed by atoms with Crippen LogP contribution >= 0.6 is 0 Å². The third kappa shape index (κ3) is 2.47. The molecular formula is C17H11O2. The van der Waals surface area contributed by atoms with Gasteiger partial charge in [0.1, 0.15) is 5.75 Å². The molecule has 1 radical (unpaired) electrons. The second-order valence-corrected chi connectivity index (χ2v) is 4.19. The zero-order chi connectivity index (χ0) is 13.1. The average molecular weight is 247 g/mol. The van der Waals surface area contributed by atoms with Crippen LogP contribution < -0.4 is 4.74 Å². The maximum atomic E-state index is 11.9. The summed E-state index contributed by atoms with van der Waals surface area (Å²) in [6.07, 6.45) is 0. The molecule has 0 saturated carbocycles. The lowest BCUT2D eigenvalue weighted by atomic mass is 10.1. The van der Waals surface area contributed by atoms with Crippen molar-refractivity contribution in [3.05, 3.63) is 78.4 Å². The summed E-state index contributed by atoms with van der Waals surface area (Å²) in [4.78, 5) is 11.9. The fourth-order valence-corrected chi connectivity index (χ4v) is 1.91. The van der Waals surface area contributed by atoms with Crippen molar-refractivity contribution in [1.29, 1.82) is 0 Å². The van der Waals surface area contributed by atoms with Crippen LogP contribution in [0.5, 0.6) is 5.75 Å². The minimum absolute atomic E-state index is 0.345. The molecule has 0 atom stereocenters. The zero-order valence-electron chi connectivity index (χ0n) is 10.2. The number of carbonyl (C=O) groups is 1. The molecule has 91 valence electrons. The van der Waals surface area contributed by atoms with Crippen molar-refractivity contribution in [3.63, 3.8) is 0 Å². The molecular weight excluding hydrogens is 236 g/mol. The summed E-state index contributed by atoms with van der Waals surface area (Å²) in [5.74, 6) is 0.204. The van der Waals surface area contributed by atoms with Crippen LogP contribution in [0.1, 0.15) is 10.4 Å². The van der Waals surface area contributed by atoms with Gasteiger partial charge in [0.2, 0.25) is 0 Å². The quantitative estimate of drug-likeness (QED) is 0.507. The minimum Gasteiger partial charge on any atom is -0.423 e. The Labute approximate surface area is 111 Å². The van der Waals surface area contributed by atoms with Gasteiger partial charge in [0, 0.05) is 0 Å². The molecule has 3 aromatic rings. The fourth-order valence-electron chi connectivity index (χ4n) is 1.91. The van der Waals surface area contributed by atoms with E-state index in [1.165, 1.54) is 0 Å². The molecule has 0 aliphatic rings. The lowest BCUT2D eigenvalue weighted by molar-refractivity contribution is 0.0735. The van der Waals surface area contributed by atoms with Crippen molar-refractivity contribution in [3.8, 4) is 5.75 Å². The molecule has 3 aromatic carbocycles. The van der Waals surface area contributed by atoms with Gasteiger partial charge in [-0.15, -0.1) is 0 Å². The van der Waals surface area contributed by atoms with Crippen molar-refractivity contribution in [2.24, 2.45) is 0 Å². The van der Waals surface area contributed by atoms with E-state index in [0.29, 0.717) is 11.3 Å². The van der Waals surface area contributed by atoms with Gasteiger partial charge >= 0.3 is 5.97 Å². The molecule has 0 bridgehead atoms. The van der Waals surface area contributed by atoms with Gasteiger partial charge in [0.05, 0.1) is 5.56 Å². The Bertz CT molecular complexity index is 717. The molecule has 3 rings (SSSR count).